The van der Waals surface area contributed by atoms with Gasteiger partial charge in [-0.2, -0.15) is 0 Å². The Bertz CT molecular complexity index is 370. The van der Waals surface area contributed by atoms with Crippen LogP contribution in [0.15, 0.2) is 35.0 Å². The molecule has 1 nitrogen and oxygen atoms in total. The first-order chi connectivity index (χ1) is 9.54. The fraction of sp³-hybridized carbons (Fsp3) is 0.529. The Morgan fingerprint density at radius 3 is 1.65 bits per heavy atom. The highest BCUT2D eigenvalue weighted by Crippen LogP contribution is 2.25. The molecule has 2 N–H and O–H groups in total. The van der Waals surface area contributed by atoms with Crippen LogP contribution in [0.5, 0.6) is 0 Å². The van der Waals surface area contributed by atoms with Gasteiger partial charge in [0.2, 0.25) is 0 Å². The third kappa shape index (κ3) is 10.2. The van der Waals surface area contributed by atoms with E-state index in [1.807, 2.05) is 36.5 Å². The van der Waals surface area contributed by atoms with Crippen LogP contribution < -0.4 is 5.73 Å². The number of thiophene rings is 2. The van der Waals surface area contributed by atoms with Gasteiger partial charge in [0.25, 0.3) is 0 Å². The Morgan fingerprint density at radius 1 is 0.950 bits per heavy atom. The summed E-state index contributed by atoms with van der Waals surface area (Å²) in [6.07, 6.45) is 1.18. The summed E-state index contributed by atoms with van der Waals surface area (Å²) >= 11 is 3.65. The lowest BCUT2D eigenvalue weighted by Gasteiger charge is -2.14. The van der Waals surface area contributed by atoms with Gasteiger partial charge in [-0.1, -0.05) is 53.7 Å². The van der Waals surface area contributed by atoms with Crippen LogP contribution in [-0.4, -0.2) is 7.05 Å². The molecule has 0 amide bonds. The van der Waals surface area contributed by atoms with E-state index in [1.54, 1.807) is 0 Å². The van der Waals surface area contributed by atoms with Crippen LogP contribution in [0.1, 0.15) is 51.3 Å². The van der Waals surface area contributed by atoms with E-state index in [2.05, 4.69) is 68.5 Å². The Hall–Kier alpha value is -0.640. The van der Waals surface area contributed by atoms with E-state index in [1.165, 1.54) is 23.2 Å². The molecule has 0 radical (unpaired) electrons. The van der Waals surface area contributed by atoms with E-state index in [4.69, 9.17) is 0 Å². The minimum Gasteiger partial charge on any atom is -0.333 e. The summed E-state index contributed by atoms with van der Waals surface area (Å²) in [5.41, 5.74) is 4.84. The molecule has 3 heteroatoms. The van der Waals surface area contributed by atoms with Crippen molar-refractivity contribution in [2.45, 2.75) is 53.4 Å². The summed E-state index contributed by atoms with van der Waals surface area (Å²) in [4.78, 5) is 2.93. The van der Waals surface area contributed by atoms with Crippen molar-refractivity contribution < 1.29 is 0 Å². The lowest BCUT2D eigenvalue weighted by Crippen LogP contribution is -2.07. The lowest BCUT2D eigenvalue weighted by molar-refractivity contribution is 0.604. The fourth-order valence-corrected chi connectivity index (χ4v) is 2.69. The number of hydrogen-bond acceptors (Lipinski definition) is 3. The molecule has 0 fully saturated rings. The van der Waals surface area contributed by atoms with Gasteiger partial charge in [0.05, 0.1) is 0 Å². The summed E-state index contributed by atoms with van der Waals surface area (Å²) in [6, 6.07) is 8.53. The predicted molar refractivity (Wildman–Crippen MR) is 98.2 cm³/mol. The van der Waals surface area contributed by atoms with E-state index in [-0.39, 0.29) is 0 Å². The molecule has 0 bridgehead atoms. The van der Waals surface area contributed by atoms with E-state index in [0.717, 1.165) is 0 Å². The minimum absolute atomic E-state index is 0.341. The Balaban J connectivity index is 0. The maximum absolute atomic E-state index is 4.50. The number of rotatable bonds is 1. The van der Waals surface area contributed by atoms with Gasteiger partial charge in [0, 0.05) is 9.75 Å². The van der Waals surface area contributed by atoms with Gasteiger partial charge in [-0.3, -0.25) is 0 Å². The quantitative estimate of drug-likeness (QED) is 0.691. The molecule has 0 unspecified atom stereocenters. The van der Waals surface area contributed by atoms with Crippen molar-refractivity contribution in [1.82, 2.24) is 0 Å². The Labute approximate surface area is 133 Å². The van der Waals surface area contributed by atoms with Crippen LogP contribution in [-0.2, 0) is 11.8 Å². The van der Waals surface area contributed by atoms with E-state index in [0.29, 0.717) is 5.41 Å². The first-order valence-electron chi connectivity index (χ1n) is 7.18. The zero-order chi connectivity index (χ0) is 16.0. The lowest BCUT2D eigenvalue weighted by atomic mass is 9.95. The molecule has 0 saturated heterocycles. The van der Waals surface area contributed by atoms with Crippen molar-refractivity contribution >= 4 is 22.7 Å². The van der Waals surface area contributed by atoms with Gasteiger partial charge in [-0.05, 0) is 41.8 Å². The van der Waals surface area contributed by atoms with E-state index < -0.39 is 0 Å². The van der Waals surface area contributed by atoms with Crippen LogP contribution in [0.2, 0.25) is 0 Å². The van der Waals surface area contributed by atoms with E-state index in [9.17, 15) is 0 Å². The van der Waals surface area contributed by atoms with Crippen molar-refractivity contribution in [2.75, 3.05) is 7.05 Å². The van der Waals surface area contributed by atoms with Crippen molar-refractivity contribution in [2.24, 2.45) is 5.73 Å². The molecule has 2 heterocycles. The first-order valence-corrected chi connectivity index (χ1v) is 8.94. The molecule has 0 aliphatic rings. The molecule has 0 saturated carbocycles. The largest absolute Gasteiger partial charge is 0.333 e. The standard InChI is InChI=1S/C8H12S.C6H8S.C2H6.CH5N/c1-8(2,3)7-5-4-6-9-7;1-2-6-4-3-5-7-6;2*1-2/h4-6H,1-3H3;3-5H,2H2,1H3;1-2H3;2H2,1H3. The zero-order valence-electron chi connectivity index (χ0n) is 14.1. The smallest absolute Gasteiger partial charge is 0.00987 e. The van der Waals surface area contributed by atoms with Gasteiger partial charge >= 0.3 is 0 Å². The van der Waals surface area contributed by atoms with Gasteiger partial charge < -0.3 is 5.73 Å². The van der Waals surface area contributed by atoms with Gasteiger partial charge in [-0.15, -0.1) is 22.7 Å². The summed E-state index contributed by atoms with van der Waals surface area (Å²) in [7, 11) is 1.50. The van der Waals surface area contributed by atoms with Crippen LogP contribution in [0, 0.1) is 0 Å². The number of nitrogens with two attached hydrogens (primary N) is 1. The van der Waals surface area contributed by atoms with Crippen LogP contribution in [0.25, 0.3) is 0 Å². The summed E-state index contributed by atoms with van der Waals surface area (Å²) in [6.45, 7) is 12.9. The average Bonchev–Trinajstić information content (AvgIpc) is 3.16. The molecule has 0 atom stereocenters. The second-order valence-corrected chi connectivity index (χ2v) is 6.64. The van der Waals surface area contributed by atoms with Crippen LogP contribution in [0.3, 0.4) is 0 Å². The maximum Gasteiger partial charge on any atom is 0.00987 e. The average molecular weight is 314 g/mol. The molecule has 116 valence electrons. The number of aryl methyl sites for hydroxylation is 1. The van der Waals surface area contributed by atoms with Crippen molar-refractivity contribution in [1.29, 1.82) is 0 Å². The molecular formula is C17H31NS2. The van der Waals surface area contributed by atoms with Crippen LogP contribution in [0.4, 0.5) is 0 Å². The number of hydrogen-bond donors (Lipinski definition) is 1. The van der Waals surface area contributed by atoms with Gasteiger partial charge in [-0.25, -0.2) is 0 Å². The highest BCUT2D eigenvalue weighted by Gasteiger charge is 2.13. The highest BCUT2D eigenvalue weighted by molar-refractivity contribution is 7.10. The summed E-state index contributed by atoms with van der Waals surface area (Å²) < 4.78 is 0. The molecule has 2 rings (SSSR count). The third-order valence-electron chi connectivity index (χ3n) is 2.19. The van der Waals surface area contributed by atoms with Crippen molar-refractivity contribution in [3.8, 4) is 0 Å². The van der Waals surface area contributed by atoms with Crippen molar-refractivity contribution in [3.63, 3.8) is 0 Å². The summed E-state index contributed by atoms with van der Waals surface area (Å²) in [5, 5.41) is 4.24. The second kappa shape index (κ2) is 13.3. The molecule has 20 heavy (non-hydrogen) atoms. The monoisotopic (exact) mass is 313 g/mol. The van der Waals surface area contributed by atoms with Gasteiger partial charge in [0.15, 0.2) is 0 Å². The molecule has 0 aliphatic carbocycles. The second-order valence-electron chi connectivity index (χ2n) is 4.66. The van der Waals surface area contributed by atoms with Gasteiger partial charge in [0.1, 0.15) is 0 Å². The molecular weight excluding hydrogens is 282 g/mol. The molecule has 2 aromatic heterocycles. The third-order valence-corrected chi connectivity index (χ3v) is 4.51. The van der Waals surface area contributed by atoms with E-state index >= 15 is 0 Å². The first kappa shape index (κ1) is 21.7. The maximum atomic E-state index is 4.50. The SMILES string of the molecule is CC.CC(C)(C)c1cccs1.CCc1cccs1.CN. The minimum atomic E-state index is 0.341. The Morgan fingerprint density at radius 2 is 1.45 bits per heavy atom. The molecule has 0 spiro atoms. The molecule has 2 aromatic rings. The highest BCUT2D eigenvalue weighted by atomic mass is 32.1. The fourth-order valence-electron chi connectivity index (χ4n) is 1.22. The summed E-state index contributed by atoms with van der Waals surface area (Å²) in [5.74, 6) is 0. The molecule has 0 aromatic carbocycles. The van der Waals surface area contributed by atoms with Crippen LogP contribution >= 0.6 is 22.7 Å². The predicted octanol–water partition coefficient (Wildman–Crippen LogP) is 5.96. The Kier molecular flexibility index (Phi) is 14.5. The normalized spacial score (nSPS) is 9.20. The topological polar surface area (TPSA) is 26.0 Å². The molecule has 0 aliphatic heterocycles. The van der Waals surface area contributed by atoms with Crippen molar-refractivity contribution in [3.05, 3.63) is 44.8 Å². The zero-order valence-corrected chi connectivity index (χ0v) is 15.7.